The number of rotatable bonds is 1. The molecule has 0 aliphatic rings. The Labute approximate surface area is 96.8 Å². The number of methoxy groups -OCH3 is 1. The summed E-state index contributed by atoms with van der Waals surface area (Å²) in [5.74, 6) is -0.449. The Hall–Kier alpha value is -2.36. The third kappa shape index (κ3) is 1.45. The van der Waals surface area contributed by atoms with Crippen molar-refractivity contribution in [3.63, 3.8) is 0 Å². The summed E-state index contributed by atoms with van der Waals surface area (Å²) in [6, 6.07) is 9.24. The highest BCUT2D eigenvalue weighted by molar-refractivity contribution is 6.03. The summed E-state index contributed by atoms with van der Waals surface area (Å²) in [6.45, 7) is 0. The van der Waals surface area contributed by atoms with Crippen molar-refractivity contribution in [2.75, 3.05) is 7.11 Å². The van der Waals surface area contributed by atoms with Crippen LogP contribution in [0.2, 0.25) is 0 Å². The number of pyridine rings is 1. The second-order valence-corrected chi connectivity index (χ2v) is 3.66. The van der Waals surface area contributed by atoms with Gasteiger partial charge in [0.25, 0.3) is 0 Å². The van der Waals surface area contributed by atoms with Crippen LogP contribution in [-0.4, -0.2) is 18.1 Å². The first-order valence-electron chi connectivity index (χ1n) is 5.15. The second-order valence-electron chi connectivity index (χ2n) is 3.66. The van der Waals surface area contributed by atoms with E-state index in [0.717, 1.165) is 10.8 Å². The Kier molecular flexibility index (Phi) is 2.08. The molecule has 0 amide bonds. The van der Waals surface area contributed by atoms with Crippen LogP contribution in [0.1, 0.15) is 10.5 Å². The van der Waals surface area contributed by atoms with Crippen LogP contribution in [0.25, 0.3) is 21.9 Å². The molecule has 17 heavy (non-hydrogen) atoms. The highest BCUT2D eigenvalue weighted by Gasteiger charge is 2.10. The lowest BCUT2D eigenvalue weighted by atomic mass is 10.1. The molecule has 0 saturated heterocycles. The first kappa shape index (κ1) is 9.84. The molecule has 1 aromatic carbocycles. The van der Waals surface area contributed by atoms with Crippen LogP contribution in [0.3, 0.4) is 0 Å². The first-order valence-corrected chi connectivity index (χ1v) is 5.15. The normalized spacial score (nSPS) is 10.9. The van der Waals surface area contributed by atoms with E-state index in [9.17, 15) is 4.79 Å². The maximum absolute atomic E-state index is 11.4. The lowest BCUT2D eigenvalue weighted by molar-refractivity contribution is 0.0594. The average Bonchev–Trinajstić information content (AvgIpc) is 2.85. The van der Waals surface area contributed by atoms with Crippen molar-refractivity contribution in [1.82, 2.24) is 4.98 Å². The molecule has 3 aromatic rings. The van der Waals surface area contributed by atoms with E-state index in [2.05, 4.69) is 9.72 Å². The van der Waals surface area contributed by atoms with Crippen LogP contribution in [0.15, 0.2) is 41.0 Å². The van der Waals surface area contributed by atoms with Gasteiger partial charge in [0.15, 0.2) is 5.58 Å². The predicted molar refractivity (Wildman–Crippen MR) is 62.9 cm³/mol. The van der Waals surface area contributed by atoms with Gasteiger partial charge in [0.1, 0.15) is 11.2 Å². The first-order chi connectivity index (χ1) is 8.29. The Morgan fingerprint density at radius 3 is 2.76 bits per heavy atom. The topological polar surface area (TPSA) is 52.3 Å². The van der Waals surface area contributed by atoms with Gasteiger partial charge in [0.2, 0.25) is 0 Å². The van der Waals surface area contributed by atoms with Gasteiger partial charge in [0, 0.05) is 10.8 Å². The van der Waals surface area contributed by atoms with Gasteiger partial charge >= 0.3 is 5.97 Å². The van der Waals surface area contributed by atoms with Gasteiger partial charge < -0.3 is 9.15 Å². The maximum Gasteiger partial charge on any atom is 0.356 e. The molecule has 2 heterocycles. The van der Waals surface area contributed by atoms with E-state index in [-0.39, 0.29) is 5.69 Å². The summed E-state index contributed by atoms with van der Waals surface area (Å²) in [7, 11) is 1.34. The van der Waals surface area contributed by atoms with Crippen molar-refractivity contribution in [3.8, 4) is 0 Å². The molecule has 4 nitrogen and oxygen atoms in total. The van der Waals surface area contributed by atoms with Crippen molar-refractivity contribution < 1.29 is 13.9 Å². The summed E-state index contributed by atoms with van der Waals surface area (Å²) < 4.78 is 10.0. The molecule has 0 radical (unpaired) electrons. The van der Waals surface area contributed by atoms with Crippen LogP contribution < -0.4 is 0 Å². The largest absolute Gasteiger partial charge is 0.464 e. The van der Waals surface area contributed by atoms with Gasteiger partial charge in [-0.2, -0.15) is 0 Å². The number of hydrogen-bond acceptors (Lipinski definition) is 4. The van der Waals surface area contributed by atoms with Gasteiger partial charge in [-0.3, -0.25) is 0 Å². The van der Waals surface area contributed by atoms with Crippen LogP contribution >= 0.6 is 0 Å². The van der Waals surface area contributed by atoms with E-state index in [0.29, 0.717) is 11.1 Å². The zero-order valence-electron chi connectivity index (χ0n) is 9.14. The van der Waals surface area contributed by atoms with Crippen LogP contribution in [0.4, 0.5) is 0 Å². The number of hydrogen-bond donors (Lipinski definition) is 0. The molecule has 0 atom stereocenters. The minimum Gasteiger partial charge on any atom is -0.464 e. The van der Waals surface area contributed by atoms with E-state index >= 15 is 0 Å². The number of esters is 1. The Morgan fingerprint density at radius 1 is 1.18 bits per heavy atom. The SMILES string of the molecule is COC(=O)c1ccc2ccc3ccoc3c2n1. The van der Waals surface area contributed by atoms with Gasteiger partial charge in [0.05, 0.1) is 13.4 Å². The molecule has 0 aliphatic heterocycles. The summed E-state index contributed by atoms with van der Waals surface area (Å²) >= 11 is 0. The van der Waals surface area contributed by atoms with E-state index < -0.39 is 5.97 Å². The average molecular weight is 227 g/mol. The Balaban J connectivity index is 2.35. The van der Waals surface area contributed by atoms with Gasteiger partial charge in [-0.05, 0) is 12.1 Å². The number of benzene rings is 1. The minimum absolute atomic E-state index is 0.281. The number of aromatic nitrogens is 1. The number of ether oxygens (including phenoxy) is 1. The Bertz CT molecular complexity index is 715. The lowest BCUT2D eigenvalue weighted by Gasteiger charge is -2.01. The molecule has 0 saturated carbocycles. The van der Waals surface area contributed by atoms with Crippen molar-refractivity contribution in [1.29, 1.82) is 0 Å². The summed E-state index contributed by atoms with van der Waals surface area (Å²) in [5.41, 5.74) is 1.65. The van der Waals surface area contributed by atoms with Gasteiger partial charge in [-0.25, -0.2) is 9.78 Å². The molecular weight excluding hydrogens is 218 g/mol. The third-order valence-corrected chi connectivity index (χ3v) is 2.67. The number of carbonyl (C=O) groups is 1. The van der Waals surface area contributed by atoms with Gasteiger partial charge in [-0.15, -0.1) is 0 Å². The standard InChI is InChI=1S/C13H9NO3/c1-16-13(15)10-5-4-8-2-3-9-6-7-17-12(9)11(8)14-10/h2-7H,1H3. The molecule has 0 unspecified atom stereocenters. The molecule has 4 heteroatoms. The zero-order chi connectivity index (χ0) is 11.8. The van der Waals surface area contributed by atoms with Crippen molar-refractivity contribution in [2.45, 2.75) is 0 Å². The molecule has 2 aromatic heterocycles. The predicted octanol–water partition coefficient (Wildman–Crippen LogP) is 2.77. The molecule has 84 valence electrons. The summed E-state index contributed by atoms with van der Waals surface area (Å²) in [4.78, 5) is 15.7. The van der Waals surface area contributed by atoms with Crippen LogP contribution in [0.5, 0.6) is 0 Å². The maximum atomic E-state index is 11.4. The van der Waals surface area contributed by atoms with Crippen LogP contribution in [0, 0.1) is 0 Å². The van der Waals surface area contributed by atoms with E-state index in [1.807, 2.05) is 24.3 Å². The molecule has 0 bridgehead atoms. The van der Waals surface area contributed by atoms with Crippen molar-refractivity contribution in [3.05, 3.63) is 42.3 Å². The molecule has 0 spiro atoms. The molecule has 3 rings (SSSR count). The highest BCUT2D eigenvalue weighted by Crippen LogP contribution is 2.24. The molecular formula is C13H9NO3. The number of nitrogens with zero attached hydrogens (tertiary/aromatic N) is 1. The number of carbonyl (C=O) groups excluding carboxylic acids is 1. The quantitative estimate of drug-likeness (QED) is 0.600. The highest BCUT2D eigenvalue weighted by atomic mass is 16.5. The summed E-state index contributed by atoms with van der Waals surface area (Å²) in [5, 5.41) is 1.90. The number of furan rings is 1. The van der Waals surface area contributed by atoms with E-state index in [1.165, 1.54) is 7.11 Å². The van der Waals surface area contributed by atoms with E-state index in [4.69, 9.17) is 4.42 Å². The number of fused-ring (bicyclic) bond motifs is 3. The fraction of sp³-hybridized carbons (Fsp3) is 0.0769. The zero-order valence-corrected chi connectivity index (χ0v) is 9.14. The monoisotopic (exact) mass is 227 g/mol. The smallest absolute Gasteiger partial charge is 0.356 e. The van der Waals surface area contributed by atoms with Crippen molar-refractivity contribution in [2.24, 2.45) is 0 Å². The van der Waals surface area contributed by atoms with Gasteiger partial charge in [-0.1, -0.05) is 18.2 Å². The lowest BCUT2D eigenvalue weighted by Crippen LogP contribution is -2.03. The van der Waals surface area contributed by atoms with Crippen LogP contribution in [-0.2, 0) is 4.74 Å². The fourth-order valence-corrected chi connectivity index (χ4v) is 1.83. The fourth-order valence-electron chi connectivity index (χ4n) is 1.83. The summed E-state index contributed by atoms with van der Waals surface area (Å²) in [6.07, 6.45) is 1.61. The van der Waals surface area contributed by atoms with E-state index in [1.54, 1.807) is 12.3 Å². The minimum atomic E-state index is -0.449. The molecule has 0 N–H and O–H groups in total. The third-order valence-electron chi connectivity index (χ3n) is 2.67. The Morgan fingerprint density at radius 2 is 1.94 bits per heavy atom. The molecule has 0 aliphatic carbocycles. The second kappa shape index (κ2) is 3.59. The molecule has 0 fully saturated rings. The van der Waals surface area contributed by atoms with Crippen molar-refractivity contribution >= 4 is 27.8 Å².